The number of H-pyrrole nitrogens is 1. The minimum atomic E-state index is -0.417. The Balaban J connectivity index is 2.46. The number of nitrogens with one attached hydrogen (secondary N) is 2. The van der Waals surface area contributed by atoms with Gasteiger partial charge >= 0.3 is 11.9 Å². The second-order valence-electron chi connectivity index (χ2n) is 3.74. The zero-order chi connectivity index (χ0) is 13.5. The van der Waals surface area contributed by atoms with Crippen LogP contribution in [0.5, 0.6) is 0 Å². The lowest BCUT2D eigenvalue weighted by Gasteiger charge is -2.11. The molecule has 1 unspecified atom stereocenters. The predicted octanol–water partition coefficient (Wildman–Crippen LogP) is 0.842. The van der Waals surface area contributed by atoms with E-state index in [4.69, 9.17) is 4.74 Å². The van der Waals surface area contributed by atoms with E-state index in [-0.39, 0.29) is 5.97 Å². The molecule has 0 aromatic carbocycles. The first-order chi connectivity index (χ1) is 8.58. The lowest BCUT2D eigenvalue weighted by atomic mass is 10.3. The summed E-state index contributed by atoms with van der Waals surface area (Å²) in [6.45, 7) is 4.29. The number of esters is 2. The molecule has 0 amide bonds. The van der Waals surface area contributed by atoms with Crippen LogP contribution in [0.25, 0.3) is 0 Å². The number of hydrogen-bond acceptors (Lipinski definition) is 5. The van der Waals surface area contributed by atoms with Gasteiger partial charge in [-0.15, -0.1) is 0 Å². The van der Waals surface area contributed by atoms with Crippen molar-refractivity contribution in [3.63, 3.8) is 0 Å². The summed E-state index contributed by atoms with van der Waals surface area (Å²) in [7, 11) is 1.32. The molecule has 0 radical (unpaired) electrons. The third-order valence-electron chi connectivity index (χ3n) is 2.39. The summed E-state index contributed by atoms with van der Waals surface area (Å²) in [6.07, 6.45) is 0. The van der Waals surface area contributed by atoms with Gasteiger partial charge in [-0.25, -0.2) is 4.79 Å². The maximum atomic E-state index is 11.4. The predicted molar refractivity (Wildman–Crippen MR) is 65.1 cm³/mol. The fourth-order valence-corrected chi connectivity index (χ4v) is 1.39. The zero-order valence-electron chi connectivity index (χ0n) is 10.8. The van der Waals surface area contributed by atoms with Crippen molar-refractivity contribution in [1.82, 2.24) is 10.3 Å². The van der Waals surface area contributed by atoms with Crippen LogP contribution in [0.4, 0.5) is 0 Å². The largest absolute Gasteiger partial charge is 0.465 e. The van der Waals surface area contributed by atoms with Crippen molar-refractivity contribution >= 4 is 11.9 Å². The quantitative estimate of drug-likeness (QED) is 0.735. The smallest absolute Gasteiger partial charge is 0.354 e. The van der Waals surface area contributed by atoms with Crippen LogP contribution < -0.4 is 5.32 Å². The average molecular weight is 254 g/mol. The van der Waals surface area contributed by atoms with Crippen LogP contribution in [0.15, 0.2) is 12.1 Å². The number of carbonyl (C=O) groups is 2. The maximum absolute atomic E-state index is 11.4. The van der Waals surface area contributed by atoms with Crippen molar-refractivity contribution in [3.05, 3.63) is 23.5 Å². The lowest BCUT2D eigenvalue weighted by molar-refractivity contribution is -0.145. The van der Waals surface area contributed by atoms with Gasteiger partial charge in [0.15, 0.2) is 0 Å². The molecule has 6 nitrogen and oxygen atoms in total. The van der Waals surface area contributed by atoms with Crippen LogP contribution in [0.1, 0.15) is 30.0 Å². The average Bonchev–Trinajstić information content (AvgIpc) is 2.84. The Hall–Kier alpha value is -1.82. The van der Waals surface area contributed by atoms with Crippen LogP contribution in [0.3, 0.4) is 0 Å². The molecule has 0 fully saturated rings. The summed E-state index contributed by atoms with van der Waals surface area (Å²) in [6, 6.07) is 3.00. The van der Waals surface area contributed by atoms with Gasteiger partial charge < -0.3 is 14.5 Å². The topological polar surface area (TPSA) is 80.4 Å². The van der Waals surface area contributed by atoms with E-state index in [2.05, 4.69) is 15.0 Å². The highest BCUT2D eigenvalue weighted by Gasteiger charge is 2.14. The van der Waals surface area contributed by atoms with Gasteiger partial charge in [-0.1, -0.05) is 0 Å². The minimum Gasteiger partial charge on any atom is -0.465 e. The number of ether oxygens (including phenoxy) is 2. The molecule has 0 spiro atoms. The van der Waals surface area contributed by atoms with Gasteiger partial charge in [0, 0.05) is 12.2 Å². The summed E-state index contributed by atoms with van der Waals surface area (Å²) in [5.74, 6) is -0.711. The summed E-state index contributed by atoms with van der Waals surface area (Å²) in [4.78, 5) is 25.5. The highest BCUT2D eigenvalue weighted by atomic mass is 16.5. The number of aromatic nitrogens is 1. The van der Waals surface area contributed by atoms with Gasteiger partial charge in [-0.2, -0.15) is 0 Å². The molecular weight excluding hydrogens is 236 g/mol. The van der Waals surface area contributed by atoms with Crippen molar-refractivity contribution in [3.8, 4) is 0 Å². The van der Waals surface area contributed by atoms with Crippen LogP contribution >= 0.6 is 0 Å². The Morgan fingerprint density at radius 1 is 1.44 bits per heavy atom. The molecule has 1 aromatic rings. The first-order valence-electron chi connectivity index (χ1n) is 5.74. The van der Waals surface area contributed by atoms with Crippen molar-refractivity contribution in [2.75, 3.05) is 13.7 Å². The Bertz CT molecular complexity index is 414. The number of rotatable bonds is 6. The van der Waals surface area contributed by atoms with Gasteiger partial charge in [0.25, 0.3) is 0 Å². The van der Waals surface area contributed by atoms with E-state index < -0.39 is 12.0 Å². The molecule has 18 heavy (non-hydrogen) atoms. The molecule has 1 rings (SSSR count). The fraction of sp³-hybridized carbons (Fsp3) is 0.500. The lowest BCUT2D eigenvalue weighted by Crippen LogP contribution is -2.35. The normalized spacial score (nSPS) is 11.9. The zero-order valence-corrected chi connectivity index (χ0v) is 10.8. The van der Waals surface area contributed by atoms with Crippen molar-refractivity contribution < 1.29 is 19.1 Å². The molecule has 2 N–H and O–H groups in total. The van der Waals surface area contributed by atoms with E-state index >= 15 is 0 Å². The van der Waals surface area contributed by atoms with Crippen molar-refractivity contribution in [2.24, 2.45) is 0 Å². The fourth-order valence-electron chi connectivity index (χ4n) is 1.39. The van der Waals surface area contributed by atoms with E-state index in [1.807, 2.05) is 0 Å². The molecule has 100 valence electrons. The number of methoxy groups -OCH3 is 1. The second kappa shape index (κ2) is 6.80. The van der Waals surface area contributed by atoms with E-state index in [1.54, 1.807) is 26.0 Å². The highest BCUT2D eigenvalue weighted by molar-refractivity contribution is 5.87. The molecule has 0 saturated carbocycles. The molecule has 0 aliphatic heterocycles. The third kappa shape index (κ3) is 3.89. The molecule has 1 atom stereocenters. The van der Waals surface area contributed by atoms with Crippen LogP contribution in [0, 0.1) is 0 Å². The van der Waals surface area contributed by atoms with E-state index in [0.717, 1.165) is 5.69 Å². The summed E-state index contributed by atoms with van der Waals surface area (Å²) in [5.41, 5.74) is 1.18. The molecule has 0 aliphatic rings. The monoisotopic (exact) mass is 254 g/mol. The Morgan fingerprint density at radius 2 is 2.17 bits per heavy atom. The van der Waals surface area contributed by atoms with Gasteiger partial charge in [0.1, 0.15) is 11.7 Å². The number of carbonyl (C=O) groups excluding carboxylic acids is 2. The molecule has 6 heteroatoms. The van der Waals surface area contributed by atoms with E-state index in [0.29, 0.717) is 18.8 Å². The first kappa shape index (κ1) is 14.2. The maximum Gasteiger partial charge on any atom is 0.354 e. The van der Waals surface area contributed by atoms with Crippen LogP contribution in [-0.2, 0) is 20.8 Å². The standard InChI is InChI=1S/C12H18N2O4/c1-4-18-11(15)8(2)13-7-9-5-6-10(14-9)12(16)17-3/h5-6,8,13-14H,4,7H2,1-3H3. The van der Waals surface area contributed by atoms with Crippen LogP contribution in [-0.4, -0.2) is 36.7 Å². The number of hydrogen-bond donors (Lipinski definition) is 2. The first-order valence-corrected chi connectivity index (χ1v) is 5.74. The Kier molecular flexibility index (Phi) is 5.38. The Morgan fingerprint density at radius 3 is 2.78 bits per heavy atom. The second-order valence-corrected chi connectivity index (χ2v) is 3.74. The Labute approximate surface area is 106 Å². The van der Waals surface area contributed by atoms with Crippen LogP contribution in [0.2, 0.25) is 0 Å². The molecule has 0 saturated heterocycles. The van der Waals surface area contributed by atoms with Gasteiger partial charge in [-0.3, -0.25) is 10.1 Å². The van der Waals surface area contributed by atoms with Gasteiger partial charge in [0.2, 0.25) is 0 Å². The van der Waals surface area contributed by atoms with Crippen molar-refractivity contribution in [2.45, 2.75) is 26.4 Å². The van der Waals surface area contributed by atoms with Crippen molar-refractivity contribution in [1.29, 1.82) is 0 Å². The highest BCUT2D eigenvalue weighted by Crippen LogP contribution is 2.03. The summed E-state index contributed by atoms with van der Waals surface area (Å²) < 4.78 is 9.45. The summed E-state index contributed by atoms with van der Waals surface area (Å²) in [5, 5.41) is 3.00. The minimum absolute atomic E-state index is 0.294. The molecule has 1 heterocycles. The SMILES string of the molecule is CCOC(=O)C(C)NCc1ccc(C(=O)OC)[nH]1. The number of aromatic amines is 1. The van der Waals surface area contributed by atoms with Gasteiger partial charge in [0.05, 0.1) is 13.7 Å². The molecular formula is C12H18N2O4. The van der Waals surface area contributed by atoms with E-state index in [1.165, 1.54) is 7.11 Å². The third-order valence-corrected chi connectivity index (χ3v) is 2.39. The van der Waals surface area contributed by atoms with Gasteiger partial charge in [-0.05, 0) is 26.0 Å². The summed E-state index contributed by atoms with van der Waals surface area (Å²) >= 11 is 0. The van der Waals surface area contributed by atoms with E-state index in [9.17, 15) is 9.59 Å². The molecule has 0 bridgehead atoms. The molecule has 0 aliphatic carbocycles. The molecule has 1 aromatic heterocycles.